The van der Waals surface area contributed by atoms with E-state index >= 15 is 0 Å². The number of likely N-dealkylation sites (tertiary alicyclic amines) is 1. The van der Waals surface area contributed by atoms with Crippen LogP contribution in [0.4, 0.5) is 14.7 Å². The molecule has 0 aliphatic carbocycles. The number of sulfonamides is 2. The highest BCUT2D eigenvalue weighted by atomic mass is 35.5. The predicted molar refractivity (Wildman–Crippen MR) is 205 cm³/mol. The van der Waals surface area contributed by atoms with E-state index in [1.807, 2.05) is 12.1 Å². The van der Waals surface area contributed by atoms with Crippen molar-refractivity contribution in [1.82, 2.24) is 28.9 Å². The summed E-state index contributed by atoms with van der Waals surface area (Å²) in [4.78, 5) is 22.2. The third-order valence-electron chi connectivity index (χ3n) is 8.93. The molecule has 286 valence electrons. The van der Waals surface area contributed by atoms with Crippen LogP contribution in [0.25, 0.3) is 0 Å². The number of aromatic nitrogens is 4. The number of hydrogen-bond acceptors (Lipinski definition) is 13. The van der Waals surface area contributed by atoms with Gasteiger partial charge < -0.3 is 15.0 Å². The lowest BCUT2D eigenvalue weighted by molar-refractivity contribution is -0.134. The number of anilines is 2. The number of carbonyl (C=O) groups is 1. The fourth-order valence-corrected chi connectivity index (χ4v) is 9.54. The quantitative estimate of drug-likeness (QED) is 0.148. The molecule has 7 rings (SSSR count). The number of halogens is 2. The summed E-state index contributed by atoms with van der Waals surface area (Å²) in [6.45, 7) is 3.01. The van der Waals surface area contributed by atoms with Gasteiger partial charge in [0, 0.05) is 42.2 Å². The Hall–Kier alpha value is -4.27. The van der Waals surface area contributed by atoms with Crippen molar-refractivity contribution < 1.29 is 30.8 Å². The van der Waals surface area contributed by atoms with Crippen LogP contribution in [0.2, 0.25) is 5.02 Å². The molecule has 2 aliphatic heterocycles. The molecule has 0 saturated carbocycles. The molecule has 4 heterocycles. The number of ether oxygens (including phenoxy) is 1. The zero-order valence-electron chi connectivity index (χ0n) is 28.6. The number of amides is 1. The minimum absolute atomic E-state index is 0.0597. The molecular weight excluding hydrogens is 799 g/mol. The van der Waals surface area contributed by atoms with E-state index in [4.69, 9.17) is 16.3 Å². The first-order chi connectivity index (χ1) is 26.0. The number of carbonyl (C=O) groups excluding carboxylic acids is 1. The molecule has 3 aromatic carbocycles. The highest BCUT2D eigenvalue weighted by Gasteiger charge is 2.25. The van der Waals surface area contributed by atoms with Crippen molar-refractivity contribution in [2.75, 3.05) is 42.2 Å². The van der Waals surface area contributed by atoms with Crippen LogP contribution in [0, 0.1) is 5.82 Å². The minimum atomic E-state index is -3.72. The van der Waals surface area contributed by atoms with Gasteiger partial charge in [-0.15, -0.1) is 0 Å². The largest absolute Gasteiger partial charge is 0.484 e. The van der Waals surface area contributed by atoms with Crippen LogP contribution >= 0.6 is 34.7 Å². The Bertz CT molecular complexity index is 2200. The van der Waals surface area contributed by atoms with Crippen molar-refractivity contribution in [2.45, 2.75) is 47.3 Å². The van der Waals surface area contributed by atoms with E-state index in [0.29, 0.717) is 24.8 Å². The number of nitrogens with zero attached hydrogens (tertiary/aromatic N) is 5. The fraction of sp³-hybridized carbons (Fsp3) is 0.324. The SMILES string of the molecule is O=C(COc1ccc(F)c(Cl)c1)N1CCC(c2ccc(S(=O)(=O)Nc3ncns3)cc2)CC1.O=S(=O)(Nc1ncns1)c1ccc(C2CCNCC2)cc1. The van der Waals surface area contributed by atoms with E-state index in [1.54, 1.807) is 41.3 Å². The van der Waals surface area contributed by atoms with Gasteiger partial charge in [0.2, 0.25) is 10.3 Å². The minimum Gasteiger partial charge on any atom is -0.484 e. The van der Waals surface area contributed by atoms with Gasteiger partial charge in [-0.2, -0.15) is 8.75 Å². The van der Waals surface area contributed by atoms with Crippen LogP contribution in [0.15, 0.2) is 89.2 Å². The molecule has 3 N–H and O–H groups in total. The predicted octanol–water partition coefficient (Wildman–Crippen LogP) is 5.72. The summed E-state index contributed by atoms with van der Waals surface area (Å²) in [7, 11) is -7.31. The molecule has 2 aromatic heterocycles. The van der Waals surface area contributed by atoms with Gasteiger partial charge in [0.25, 0.3) is 26.0 Å². The van der Waals surface area contributed by atoms with E-state index in [9.17, 15) is 26.0 Å². The molecule has 0 spiro atoms. The molecule has 54 heavy (non-hydrogen) atoms. The van der Waals surface area contributed by atoms with E-state index in [1.165, 1.54) is 36.4 Å². The summed E-state index contributed by atoms with van der Waals surface area (Å²) < 4.78 is 80.3. The molecule has 20 heteroatoms. The lowest BCUT2D eigenvalue weighted by atomic mass is 9.89. The van der Waals surface area contributed by atoms with Crippen molar-refractivity contribution >= 4 is 70.9 Å². The summed E-state index contributed by atoms with van der Waals surface area (Å²) >= 11 is 7.70. The van der Waals surface area contributed by atoms with E-state index < -0.39 is 25.9 Å². The Morgan fingerprint density at radius 1 is 0.796 bits per heavy atom. The molecule has 0 unspecified atom stereocenters. The molecule has 2 fully saturated rings. The van der Waals surface area contributed by atoms with Gasteiger partial charge in [0.1, 0.15) is 24.2 Å². The van der Waals surface area contributed by atoms with Gasteiger partial charge in [-0.25, -0.2) is 31.2 Å². The highest BCUT2D eigenvalue weighted by molar-refractivity contribution is 7.93. The molecular formula is C34H36ClFN8O6S4. The first-order valence-corrected chi connectivity index (χ1v) is 21.7. The van der Waals surface area contributed by atoms with Crippen molar-refractivity contribution in [1.29, 1.82) is 0 Å². The van der Waals surface area contributed by atoms with E-state index in [0.717, 1.165) is 67.4 Å². The Morgan fingerprint density at radius 3 is 1.76 bits per heavy atom. The first kappa shape index (κ1) is 39.4. The second kappa shape index (κ2) is 17.9. The van der Waals surface area contributed by atoms with E-state index in [-0.39, 0.29) is 43.5 Å². The van der Waals surface area contributed by atoms with Crippen LogP contribution in [0.3, 0.4) is 0 Å². The van der Waals surface area contributed by atoms with Crippen molar-refractivity contribution in [3.63, 3.8) is 0 Å². The third kappa shape index (κ3) is 10.5. The maximum atomic E-state index is 13.2. The second-order valence-electron chi connectivity index (χ2n) is 12.4. The van der Waals surface area contributed by atoms with Gasteiger partial charge in [-0.1, -0.05) is 35.9 Å². The molecule has 1 amide bonds. The van der Waals surface area contributed by atoms with Crippen LogP contribution in [0.1, 0.15) is 48.6 Å². The monoisotopic (exact) mass is 834 g/mol. The fourth-order valence-electron chi connectivity index (χ4n) is 6.04. The number of hydrogen-bond donors (Lipinski definition) is 3. The number of piperidine rings is 2. The van der Waals surface area contributed by atoms with Crippen molar-refractivity contribution in [3.8, 4) is 5.75 Å². The Labute approximate surface area is 325 Å². The van der Waals surface area contributed by atoms with Gasteiger partial charge in [0.15, 0.2) is 6.61 Å². The van der Waals surface area contributed by atoms with Gasteiger partial charge in [-0.3, -0.25) is 14.2 Å². The van der Waals surface area contributed by atoms with Crippen molar-refractivity contribution in [3.05, 3.63) is 101 Å². The number of nitrogens with one attached hydrogen (secondary N) is 3. The maximum Gasteiger partial charge on any atom is 0.263 e. The Kier molecular flexibility index (Phi) is 13.1. The zero-order valence-corrected chi connectivity index (χ0v) is 32.6. The van der Waals surface area contributed by atoms with Crippen molar-refractivity contribution in [2.24, 2.45) is 0 Å². The number of benzene rings is 3. The van der Waals surface area contributed by atoms with Gasteiger partial charge in [0.05, 0.1) is 14.8 Å². The summed E-state index contributed by atoms with van der Waals surface area (Å²) in [5, 5.41) is 3.75. The summed E-state index contributed by atoms with van der Waals surface area (Å²) in [6.07, 6.45) is 6.30. The molecule has 0 radical (unpaired) electrons. The topological polar surface area (TPSA) is 185 Å². The first-order valence-electron chi connectivity index (χ1n) is 16.8. The molecule has 0 atom stereocenters. The van der Waals surface area contributed by atoms with Crippen LogP contribution < -0.4 is 19.5 Å². The maximum absolute atomic E-state index is 13.2. The smallest absolute Gasteiger partial charge is 0.263 e. The van der Waals surface area contributed by atoms with Gasteiger partial charge >= 0.3 is 0 Å². The molecule has 5 aromatic rings. The molecule has 14 nitrogen and oxygen atoms in total. The average Bonchev–Trinajstić information content (AvgIpc) is 3.90. The van der Waals surface area contributed by atoms with Crippen LogP contribution in [-0.2, 0) is 24.8 Å². The summed E-state index contributed by atoms with van der Waals surface area (Å²) in [5.74, 6) is 0.368. The molecule has 2 aliphatic rings. The number of rotatable bonds is 11. The zero-order chi connectivity index (χ0) is 38.1. The second-order valence-corrected chi connectivity index (χ2v) is 17.7. The third-order valence-corrected chi connectivity index (χ3v) is 13.3. The highest BCUT2D eigenvalue weighted by Crippen LogP contribution is 2.30. The lowest BCUT2D eigenvalue weighted by Crippen LogP contribution is -2.40. The standard InChI is InChI=1S/C21H20ClFN4O4S2.C13H16N4O2S2/c22-18-11-16(3-6-19(18)23)31-12-20(28)27-9-7-15(8-10-27)14-1-4-17(5-2-14)33(29,30)26-21-24-13-25-32-21;18-21(19,17-13-15-9-16-20-13)12-3-1-10(2-4-12)11-5-7-14-8-6-11/h1-6,11,13,15H,7-10,12H2,(H,24,25,26);1-4,9,11,14H,5-8H2,(H,15,16,17). The Balaban J connectivity index is 0.000000203. The normalized spacial score (nSPS) is 15.6. The van der Waals surface area contributed by atoms with Crippen LogP contribution in [-0.4, -0.2) is 79.1 Å². The average molecular weight is 835 g/mol. The molecule has 2 saturated heterocycles. The lowest BCUT2D eigenvalue weighted by Gasteiger charge is -2.32. The summed E-state index contributed by atoms with van der Waals surface area (Å²) in [6, 6.07) is 17.8. The molecule has 0 bridgehead atoms. The van der Waals surface area contributed by atoms with E-state index in [2.05, 4.69) is 33.5 Å². The van der Waals surface area contributed by atoms with Crippen LogP contribution in [0.5, 0.6) is 5.75 Å². The Morgan fingerprint density at radius 2 is 1.30 bits per heavy atom. The van der Waals surface area contributed by atoms with Gasteiger partial charge in [-0.05, 0) is 98.1 Å². The summed E-state index contributed by atoms with van der Waals surface area (Å²) in [5.41, 5.74) is 2.22.